The van der Waals surface area contributed by atoms with Crippen molar-refractivity contribution in [1.29, 1.82) is 0 Å². The first-order valence-corrected chi connectivity index (χ1v) is 6.57. The number of nitrogens with zero attached hydrogens (tertiary/aromatic N) is 2. The molecule has 5 heteroatoms. The Labute approximate surface area is 123 Å². The zero-order valence-electron chi connectivity index (χ0n) is 12.0. The van der Waals surface area contributed by atoms with Crippen molar-refractivity contribution in [2.45, 2.75) is 13.0 Å². The first-order chi connectivity index (χ1) is 10.3. The largest absolute Gasteiger partial charge is 0.494 e. The molecule has 0 radical (unpaired) electrons. The van der Waals surface area contributed by atoms with E-state index in [2.05, 4.69) is 23.3 Å². The van der Waals surface area contributed by atoms with Gasteiger partial charge < -0.3 is 14.0 Å². The third-order valence-corrected chi connectivity index (χ3v) is 2.81. The van der Waals surface area contributed by atoms with Crippen LogP contribution in [0.25, 0.3) is 11.3 Å². The molecule has 2 rings (SSSR count). The summed E-state index contributed by atoms with van der Waals surface area (Å²) in [5.74, 6) is 1.30. The van der Waals surface area contributed by atoms with Gasteiger partial charge in [0.1, 0.15) is 18.1 Å². The third-order valence-electron chi connectivity index (χ3n) is 2.81. The fourth-order valence-corrected chi connectivity index (χ4v) is 1.86. The smallest absolute Gasteiger partial charge is 0.163 e. The normalized spacial score (nSPS) is 10.3. The zero-order chi connectivity index (χ0) is 15.1. The van der Waals surface area contributed by atoms with Crippen LogP contribution in [0.3, 0.4) is 0 Å². The standard InChI is InChI=1S/C16H18N2O3/c1-4-6-12-8-14(16(19-3)10-17-12)15-9-13(21-18-15)11-20-7-5-2/h4-5,8-10H,1-2,6-7,11H2,3H3. The summed E-state index contributed by atoms with van der Waals surface area (Å²) < 4.78 is 15.9. The third kappa shape index (κ3) is 3.79. The predicted molar refractivity (Wildman–Crippen MR) is 80.0 cm³/mol. The van der Waals surface area contributed by atoms with Gasteiger partial charge in [-0.25, -0.2) is 0 Å². The van der Waals surface area contributed by atoms with E-state index in [9.17, 15) is 0 Å². The molecule has 5 nitrogen and oxygen atoms in total. The van der Waals surface area contributed by atoms with Crippen molar-refractivity contribution >= 4 is 0 Å². The molecule has 2 heterocycles. The van der Waals surface area contributed by atoms with Gasteiger partial charge in [-0.2, -0.15) is 0 Å². The highest BCUT2D eigenvalue weighted by Gasteiger charge is 2.13. The molecule has 0 aliphatic rings. The lowest BCUT2D eigenvalue weighted by Crippen LogP contribution is -1.94. The number of ether oxygens (including phenoxy) is 2. The van der Waals surface area contributed by atoms with Crippen LogP contribution in [-0.2, 0) is 17.8 Å². The van der Waals surface area contributed by atoms with Gasteiger partial charge in [0, 0.05) is 23.7 Å². The van der Waals surface area contributed by atoms with E-state index in [1.54, 1.807) is 25.5 Å². The minimum absolute atomic E-state index is 0.353. The molecule has 2 aromatic rings. The van der Waals surface area contributed by atoms with E-state index in [1.807, 2.05) is 12.1 Å². The molecule has 0 amide bonds. The maximum atomic E-state index is 5.33. The monoisotopic (exact) mass is 286 g/mol. The molecule has 0 aromatic carbocycles. The highest BCUT2D eigenvalue weighted by molar-refractivity contribution is 5.66. The van der Waals surface area contributed by atoms with Crippen molar-refractivity contribution in [3.63, 3.8) is 0 Å². The quantitative estimate of drug-likeness (QED) is 0.551. The van der Waals surface area contributed by atoms with Crippen molar-refractivity contribution in [2.75, 3.05) is 13.7 Å². The van der Waals surface area contributed by atoms with Crippen LogP contribution in [-0.4, -0.2) is 23.9 Å². The van der Waals surface area contributed by atoms with E-state index in [1.165, 1.54) is 0 Å². The topological polar surface area (TPSA) is 57.4 Å². The summed E-state index contributed by atoms with van der Waals surface area (Å²) in [7, 11) is 1.60. The Morgan fingerprint density at radius 1 is 1.29 bits per heavy atom. The van der Waals surface area contributed by atoms with Gasteiger partial charge in [0.2, 0.25) is 0 Å². The molecule has 2 aromatic heterocycles. The summed E-state index contributed by atoms with van der Waals surface area (Å²) in [6, 6.07) is 3.76. The summed E-state index contributed by atoms with van der Waals surface area (Å²) in [5, 5.41) is 4.06. The average molecular weight is 286 g/mol. The van der Waals surface area contributed by atoms with Gasteiger partial charge in [-0.15, -0.1) is 13.2 Å². The lowest BCUT2D eigenvalue weighted by molar-refractivity contribution is 0.125. The summed E-state index contributed by atoms with van der Waals surface area (Å²) in [4.78, 5) is 4.30. The molecule has 0 aliphatic carbocycles. The van der Waals surface area contributed by atoms with E-state index in [0.29, 0.717) is 36.8 Å². The van der Waals surface area contributed by atoms with E-state index in [-0.39, 0.29) is 0 Å². The SMILES string of the molecule is C=CCOCc1cc(-c2cc(CC=C)ncc2OC)no1. The van der Waals surface area contributed by atoms with Gasteiger partial charge in [-0.3, -0.25) is 4.98 Å². The molecule has 0 saturated carbocycles. The second kappa shape index (κ2) is 7.40. The molecular formula is C16H18N2O3. The Morgan fingerprint density at radius 2 is 2.14 bits per heavy atom. The van der Waals surface area contributed by atoms with E-state index in [0.717, 1.165) is 11.3 Å². The van der Waals surface area contributed by atoms with Crippen molar-refractivity contribution in [3.8, 4) is 17.0 Å². The fraction of sp³-hybridized carbons (Fsp3) is 0.250. The highest BCUT2D eigenvalue weighted by atomic mass is 16.5. The number of rotatable bonds is 8. The number of aromatic nitrogens is 2. The predicted octanol–water partition coefficient (Wildman–Crippen LogP) is 3.18. The summed E-state index contributed by atoms with van der Waals surface area (Å²) >= 11 is 0. The van der Waals surface area contributed by atoms with Crippen molar-refractivity contribution < 1.29 is 14.0 Å². The molecule has 110 valence electrons. The number of hydrogen-bond donors (Lipinski definition) is 0. The molecule has 0 fully saturated rings. The second-order valence-electron chi connectivity index (χ2n) is 4.35. The first kappa shape index (κ1) is 15.0. The van der Waals surface area contributed by atoms with Gasteiger partial charge in [-0.1, -0.05) is 17.3 Å². The lowest BCUT2D eigenvalue weighted by Gasteiger charge is -2.06. The molecule has 0 saturated heterocycles. The lowest BCUT2D eigenvalue weighted by atomic mass is 10.1. The Bertz CT molecular complexity index is 620. The molecule has 0 aliphatic heterocycles. The molecular weight excluding hydrogens is 268 g/mol. The Morgan fingerprint density at radius 3 is 2.86 bits per heavy atom. The molecule has 0 N–H and O–H groups in total. The van der Waals surface area contributed by atoms with Crippen LogP contribution in [0.4, 0.5) is 0 Å². The van der Waals surface area contributed by atoms with Gasteiger partial charge in [0.05, 0.1) is 19.9 Å². The highest BCUT2D eigenvalue weighted by Crippen LogP contribution is 2.29. The molecule has 0 unspecified atom stereocenters. The van der Waals surface area contributed by atoms with Crippen LogP contribution >= 0.6 is 0 Å². The van der Waals surface area contributed by atoms with E-state index in [4.69, 9.17) is 14.0 Å². The first-order valence-electron chi connectivity index (χ1n) is 6.57. The fourth-order valence-electron chi connectivity index (χ4n) is 1.86. The maximum Gasteiger partial charge on any atom is 0.163 e. The van der Waals surface area contributed by atoms with Crippen LogP contribution in [0.5, 0.6) is 5.75 Å². The second-order valence-corrected chi connectivity index (χ2v) is 4.35. The van der Waals surface area contributed by atoms with E-state index < -0.39 is 0 Å². The van der Waals surface area contributed by atoms with Crippen molar-refractivity contribution in [3.05, 3.63) is 55.1 Å². The van der Waals surface area contributed by atoms with Crippen LogP contribution in [0.1, 0.15) is 11.5 Å². The molecule has 21 heavy (non-hydrogen) atoms. The van der Waals surface area contributed by atoms with Crippen LogP contribution < -0.4 is 4.74 Å². The summed E-state index contributed by atoms with van der Waals surface area (Å²) in [6.07, 6.45) is 5.85. The molecule has 0 atom stereocenters. The average Bonchev–Trinajstić information content (AvgIpc) is 2.96. The van der Waals surface area contributed by atoms with Crippen LogP contribution in [0, 0.1) is 0 Å². The number of methoxy groups -OCH3 is 1. The van der Waals surface area contributed by atoms with E-state index >= 15 is 0 Å². The molecule has 0 spiro atoms. The van der Waals surface area contributed by atoms with Crippen molar-refractivity contribution in [2.24, 2.45) is 0 Å². The summed E-state index contributed by atoms with van der Waals surface area (Å²) in [6.45, 7) is 8.13. The number of hydrogen-bond acceptors (Lipinski definition) is 5. The minimum atomic E-state index is 0.353. The maximum absolute atomic E-state index is 5.33. The number of pyridine rings is 1. The van der Waals surface area contributed by atoms with Crippen LogP contribution in [0.15, 0.2) is 48.2 Å². The Hall–Kier alpha value is -2.40. The van der Waals surface area contributed by atoms with Gasteiger partial charge in [-0.05, 0) is 6.07 Å². The zero-order valence-corrected chi connectivity index (χ0v) is 12.0. The summed E-state index contributed by atoms with van der Waals surface area (Å²) in [5.41, 5.74) is 2.42. The van der Waals surface area contributed by atoms with Gasteiger partial charge in [0.25, 0.3) is 0 Å². The van der Waals surface area contributed by atoms with Gasteiger partial charge in [0.15, 0.2) is 5.76 Å². The Kier molecular flexibility index (Phi) is 5.29. The van der Waals surface area contributed by atoms with Crippen molar-refractivity contribution in [1.82, 2.24) is 10.1 Å². The molecule has 0 bridgehead atoms. The minimum Gasteiger partial charge on any atom is -0.494 e. The number of allylic oxidation sites excluding steroid dienone is 1. The van der Waals surface area contributed by atoms with Gasteiger partial charge >= 0.3 is 0 Å². The van der Waals surface area contributed by atoms with Crippen LogP contribution in [0.2, 0.25) is 0 Å². The Balaban J connectivity index is 2.25.